The summed E-state index contributed by atoms with van der Waals surface area (Å²) in [6.07, 6.45) is 2.09. The lowest BCUT2D eigenvalue weighted by Gasteiger charge is -2.21. The molecule has 0 atom stereocenters. The summed E-state index contributed by atoms with van der Waals surface area (Å²) in [7, 11) is 0. The molecule has 1 aromatic heterocycles. The van der Waals surface area contributed by atoms with Crippen molar-refractivity contribution in [3.05, 3.63) is 57.3 Å². The third kappa shape index (κ3) is 5.59. The molecule has 0 aliphatic carbocycles. The Morgan fingerprint density at radius 3 is 2.56 bits per heavy atom. The van der Waals surface area contributed by atoms with Gasteiger partial charge in [0, 0.05) is 17.8 Å². The van der Waals surface area contributed by atoms with Crippen LogP contribution in [0.15, 0.2) is 36.5 Å². The molecule has 2 rings (SSSR count). The Bertz CT molecular complexity index is 766. The maximum absolute atomic E-state index is 12.6. The van der Waals surface area contributed by atoms with Gasteiger partial charge in [0.15, 0.2) is 0 Å². The Kier molecular flexibility index (Phi) is 7.05. The minimum Gasteiger partial charge on any atom is -0.329 e. The van der Waals surface area contributed by atoms with E-state index in [1.54, 1.807) is 24.3 Å². The molecule has 0 radical (unpaired) electrons. The number of nitrogens with zero attached hydrogens (tertiary/aromatic N) is 2. The number of rotatable bonds is 6. The van der Waals surface area contributed by atoms with Crippen LogP contribution >= 0.6 is 34.8 Å². The van der Waals surface area contributed by atoms with Gasteiger partial charge < -0.3 is 10.2 Å². The SMILES string of the molecule is CCCN(CC(=O)Nc1cc(Cl)ccc1Cl)C(=O)c1ccc(Cl)nc1. The molecule has 5 nitrogen and oxygen atoms in total. The highest BCUT2D eigenvalue weighted by Crippen LogP contribution is 2.25. The molecular weight excluding hydrogens is 385 g/mol. The fourth-order valence-corrected chi connectivity index (χ4v) is 2.61. The van der Waals surface area contributed by atoms with Gasteiger partial charge >= 0.3 is 0 Å². The lowest BCUT2D eigenvalue weighted by atomic mass is 10.2. The Labute approximate surface area is 160 Å². The largest absolute Gasteiger partial charge is 0.329 e. The number of hydrogen-bond acceptors (Lipinski definition) is 3. The van der Waals surface area contributed by atoms with Crippen LogP contribution in [-0.4, -0.2) is 34.8 Å². The van der Waals surface area contributed by atoms with Gasteiger partial charge in [0.05, 0.1) is 16.3 Å². The van der Waals surface area contributed by atoms with Crippen molar-refractivity contribution in [2.45, 2.75) is 13.3 Å². The average Bonchev–Trinajstić information content (AvgIpc) is 2.58. The van der Waals surface area contributed by atoms with Crippen molar-refractivity contribution >= 4 is 52.3 Å². The molecule has 8 heteroatoms. The molecule has 2 amide bonds. The predicted molar refractivity (Wildman–Crippen MR) is 101 cm³/mol. The lowest BCUT2D eigenvalue weighted by molar-refractivity contribution is -0.116. The van der Waals surface area contributed by atoms with E-state index in [2.05, 4.69) is 10.3 Å². The maximum Gasteiger partial charge on any atom is 0.255 e. The molecule has 1 N–H and O–H groups in total. The highest BCUT2D eigenvalue weighted by atomic mass is 35.5. The van der Waals surface area contributed by atoms with Crippen molar-refractivity contribution in [2.24, 2.45) is 0 Å². The standard InChI is InChI=1S/C17H16Cl3N3O2/c1-2-7-23(17(25)11-3-6-15(20)21-9-11)10-16(24)22-14-8-12(18)4-5-13(14)19/h3-6,8-9H,2,7,10H2,1H3,(H,22,24). The predicted octanol–water partition coefficient (Wildman–Crippen LogP) is 4.53. The topological polar surface area (TPSA) is 62.3 Å². The highest BCUT2D eigenvalue weighted by molar-refractivity contribution is 6.35. The number of hydrogen-bond donors (Lipinski definition) is 1. The number of carbonyl (C=O) groups excluding carboxylic acids is 2. The van der Waals surface area contributed by atoms with Gasteiger partial charge in [0.1, 0.15) is 11.7 Å². The summed E-state index contributed by atoms with van der Waals surface area (Å²) in [5.74, 6) is -0.661. The average molecular weight is 401 g/mol. The Morgan fingerprint density at radius 1 is 1.16 bits per heavy atom. The summed E-state index contributed by atoms with van der Waals surface area (Å²) >= 11 is 17.7. The molecule has 0 spiro atoms. The zero-order valence-corrected chi connectivity index (χ0v) is 15.7. The molecule has 1 heterocycles. The summed E-state index contributed by atoms with van der Waals surface area (Å²) in [6, 6.07) is 7.88. The Hall–Kier alpha value is -1.82. The second-order valence-electron chi connectivity index (χ2n) is 5.27. The van der Waals surface area contributed by atoms with Gasteiger partial charge in [-0.05, 0) is 36.8 Å². The molecular formula is C17H16Cl3N3O2. The van der Waals surface area contributed by atoms with Crippen molar-refractivity contribution in [3.8, 4) is 0 Å². The van der Waals surface area contributed by atoms with Crippen LogP contribution in [0.4, 0.5) is 5.69 Å². The third-order valence-corrected chi connectivity index (χ3v) is 4.08. The van der Waals surface area contributed by atoms with E-state index in [4.69, 9.17) is 34.8 Å². The molecule has 0 bridgehead atoms. The van der Waals surface area contributed by atoms with E-state index in [0.29, 0.717) is 39.4 Å². The van der Waals surface area contributed by atoms with E-state index < -0.39 is 0 Å². The van der Waals surface area contributed by atoms with Gasteiger partial charge in [-0.15, -0.1) is 0 Å². The number of benzene rings is 1. The van der Waals surface area contributed by atoms with Crippen molar-refractivity contribution in [1.29, 1.82) is 0 Å². The van der Waals surface area contributed by atoms with Crippen molar-refractivity contribution in [1.82, 2.24) is 9.88 Å². The van der Waals surface area contributed by atoms with Crippen LogP contribution in [0.5, 0.6) is 0 Å². The Balaban J connectivity index is 2.09. The smallest absolute Gasteiger partial charge is 0.255 e. The van der Waals surface area contributed by atoms with Gasteiger partial charge in [-0.2, -0.15) is 0 Å². The summed E-state index contributed by atoms with van der Waals surface area (Å²) < 4.78 is 0. The van der Waals surface area contributed by atoms with Gasteiger partial charge in [-0.25, -0.2) is 4.98 Å². The quantitative estimate of drug-likeness (QED) is 0.724. The number of anilines is 1. The molecule has 0 unspecified atom stereocenters. The monoisotopic (exact) mass is 399 g/mol. The van der Waals surface area contributed by atoms with Crippen molar-refractivity contribution in [3.63, 3.8) is 0 Å². The van der Waals surface area contributed by atoms with Gasteiger partial charge in [0.25, 0.3) is 5.91 Å². The fraction of sp³-hybridized carbons (Fsp3) is 0.235. The summed E-state index contributed by atoms with van der Waals surface area (Å²) in [6.45, 7) is 2.24. The number of nitrogens with one attached hydrogen (secondary N) is 1. The lowest BCUT2D eigenvalue weighted by Crippen LogP contribution is -2.38. The van der Waals surface area contributed by atoms with Crippen LogP contribution in [0.1, 0.15) is 23.7 Å². The highest BCUT2D eigenvalue weighted by Gasteiger charge is 2.19. The molecule has 0 saturated heterocycles. The second-order valence-corrected chi connectivity index (χ2v) is 6.50. The van der Waals surface area contributed by atoms with Crippen LogP contribution in [0.25, 0.3) is 0 Å². The summed E-state index contributed by atoms with van der Waals surface area (Å²) in [5, 5.41) is 3.79. The van der Waals surface area contributed by atoms with E-state index in [9.17, 15) is 9.59 Å². The molecule has 0 saturated carbocycles. The van der Waals surface area contributed by atoms with E-state index >= 15 is 0 Å². The minimum absolute atomic E-state index is 0.113. The first-order chi connectivity index (χ1) is 11.9. The van der Waals surface area contributed by atoms with Crippen LogP contribution in [0.2, 0.25) is 15.2 Å². The van der Waals surface area contributed by atoms with Crippen LogP contribution in [-0.2, 0) is 4.79 Å². The van der Waals surface area contributed by atoms with E-state index in [0.717, 1.165) is 0 Å². The summed E-state index contributed by atoms with van der Waals surface area (Å²) in [5.41, 5.74) is 0.766. The number of halogens is 3. The zero-order valence-electron chi connectivity index (χ0n) is 13.4. The molecule has 2 aromatic rings. The maximum atomic E-state index is 12.6. The normalized spacial score (nSPS) is 10.4. The first kappa shape index (κ1) is 19.5. The van der Waals surface area contributed by atoms with Gasteiger partial charge in [0.2, 0.25) is 5.91 Å². The first-order valence-electron chi connectivity index (χ1n) is 7.56. The van der Waals surface area contributed by atoms with Gasteiger partial charge in [-0.1, -0.05) is 41.7 Å². The molecule has 1 aromatic carbocycles. The minimum atomic E-state index is -0.368. The van der Waals surface area contributed by atoms with E-state index in [1.165, 1.54) is 17.2 Å². The fourth-order valence-electron chi connectivity index (χ4n) is 2.16. The van der Waals surface area contributed by atoms with Crippen LogP contribution in [0.3, 0.4) is 0 Å². The molecule has 0 fully saturated rings. The number of amides is 2. The summed E-state index contributed by atoms with van der Waals surface area (Å²) in [4.78, 5) is 30.2. The number of carbonyl (C=O) groups is 2. The third-order valence-electron chi connectivity index (χ3n) is 3.29. The van der Waals surface area contributed by atoms with Crippen molar-refractivity contribution < 1.29 is 9.59 Å². The molecule has 132 valence electrons. The molecule has 25 heavy (non-hydrogen) atoms. The Morgan fingerprint density at radius 2 is 1.92 bits per heavy atom. The zero-order chi connectivity index (χ0) is 18.4. The van der Waals surface area contributed by atoms with Gasteiger partial charge in [-0.3, -0.25) is 9.59 Å². The first-order valence-corrected chi connectivity index (χ1v) is 8.70. The number of pyridine rings is 1. The molecule has 0 aliphatic heterocycles. The number of aromatic nitrogens is 1. The van der Waals surface area contributed by atoms with E-state index in [-0.39, 0.29) is 18.4 Å². The van der Waals surface area contributed by atoms with Crippen molar-refractivity contribution in [2.75, 3.05) is 18.4 Å². The second kappa shape index (κ2) is 9.04. The molecule has 0 aliphatic rings. The van der Waals surface area contributed by atoms with E-state index in [1.807, 2.05) is 6.92 Å². The van der Waals surface area contributed by atoms with Crippen LogP contribution < -0.4 is 5.32 Å². The van der Waals surface area contributed by atoms with Crippen LogP contribution in [0, 0.1) is 0 Å².